The summed E-state index contributed by atoms with van der Waals surface area (Å²) >= 11 is 0. The summed E-state index contributed by atoms with van der Waals surface area (Å²) in [6, 6.07) is 17.2. The largest absolute Gasteiger partial charge is 0.377 e. The molecule has 1 aliphatic heterocycles. The molecule has 0 spiro atoms. The molecule has 1 atom stereocenters. The van der Waals surface area contributed by atoms with E-state index >= 15 is 0 Å². The summed E-state index contributed by atoms with van der Waals surface area (Å²) in [7, 11) is 0. The van der Waals surface area contributed by atoms with Crippen LogP contribution in [-0.2, 0) is 17.8 Å². The van der Waals surface area contributed by atoms with Crippen molar-refractivity contribution in [3.63, 3.8) is 0 Å². The number of ether oxygens (including phenoxy) is 1. The van der Waals surface area contributed by atoms with Gasteiger partial charge in [-0.15, -0.1) is 0 Å². The Kier molecular flexibility index (Phi) is 5.56. The van der Waals surface area contributed by atoms with E-state index < -0.39 is 0 Å². The highest BCUT2D eigenvalue weighted by molar-refractivity contribution is 5.39. The number of nitro groups is 1. The van der Waals surface area contributed by atoms with E-state index in [0.29, 0.717) is 6.54 Å². The summed E-state index contributed by atoms with van der Waals surface area (Å²) in [5.74, 6) is 0. The number of para-hydroxylation sites is 1. The molecule has 1 fully saturated rings. The van der Waals surface area contributed by atoms with Crippen molar-refractivity contribution in [2.45, 2.75) is 32.0 Å². The molecule has 24 heavy (non-hydrogen) atoms. The van der Waals surface area contributed by atoms with Crippen molar-refractivity contribution in [3.05, 3.63) is 75.8 Å². The van der Waals surface area contributed by atoms with Gasteiger partial charge in [0.05, 0.1) is 11.0 Å². The number of nitro benzene ring substituents is 1. The van der Waals surface area contributed by atoms with Crippen LogP contribution in [0.4, 0.5) is 5.69 Å². The molecule has 126 valence electrons. The van der Waals surface area contributed by atoms with Gasteiger partial charge in [0.1, 0.15) is 0 Å². The zero-order valence-corrected chi connectivity index (χ0v) is 13.6. The second kappa shape index (κ2) is 8.04. The van der Waals surface area contributed by atoms with Gasteiger partial charge in [0.15, 0.2) is 0 Å². The topological polar surface area (TPSA) is 55.6 Å². The lowest BCUT2D eigenvalue weighted by Crippen LogP contribution is -2.31. The molecule has 2 aromatic carbocycles. The van der Waals surface area contributed by atoms with Crippen LogP contribution in [0.2, 0.25) is 0 Å². The number of rotatable bonds is 7. The van der Waals surface area contributed by atoms with Crippen LogP contribution in [0.5, 0.6) is 0 Å². The summed E-state index contributed by atoms with van der Waals surface area (Å²) in [6.45, 7) is 2.91. The van der Waals surface area contributed by atoms with Crippen molar-refractivity contribution in [2.24, 2.45) is 0 Å². The van der Waals surface area contributed by atoms with Gasteiger partial charge in [0.2, 0.25) is 0 Å². The summed E-state index contributed by atoms with van der Waals surface area (Å²) < 4.78 is 5.76. The molecule has 0 amide bonds. The molecule has 1 saturated heterocycles. The summed E-state index contributed by atoms with van der Waals surface area (Å²) in [4.78, 5) is 13.2. The number of nitrogens with zero attached hydrogens (tertiary/aromatic N) is 2. The van der Waals surface area contributed by atoms with Crippen LogP contribution in [0.15, 0.2) is 54.6 Å². The van der Waals surface area contributed by atoms with Gasteiger partial charge < -0.3 is 4.74 Å². The first kappa shape index (κ1) is 16.6. The Labute approximate surface area is 142 Å². The quantitative estimate of drug-likeness (QED) is 0.574. The molecule has 5 heteroatoms. The highest BCUT2D eigenvalue weighted by Gasteiger charge is 2.22. The maximum Gasteiger partial charge on any atom is 0.273 e. The highest BCUT2D eigenvalue weighted by Crippen LogP contribution is 2.22. The first-order chi connectivity index (χ1) is 11.7. The molecule has 1 unspecified atom stereocenters. The van der Waals surface area contributed by atoms with E-state index in [4.69, 9.17) is 4.74 Å². The Hall–Kier alpha value is -2.24. The summed E-state index contributed by atoms with van der Waals surface area (Å²) in [5, 5.41) is 11.3. The van der Waals surface area contributed by atoms with E-state index in [1.165, 1.54) is 5.56 Å². The van der Waals surface area contributed by atoms with Gasteiger partial charge in [-0.25, -0.2) is 0 Å². The molecule has 0 aliphatic carbocycles. The summed E-state index contributed by atoms with van der Waals surface area (Å²) in [5.41, 5.74) is 2.13. The SMILES string of the molecule is O=[N+]([O-])c1ccccc1CN(Cc1ccccc1)CC1CCCO1. The second-order valence-electron chi connectivity index (χ2n) is 6.18. The number of hydrogen-bond donors (Lipinski definition) is 0. The minimum absolute atomic E-state index is 0.183. The minimum atomic E-state index is -0.303. The van der Waals surface area contributed by atoms with Crippen molar-refractivity contribution in [2.75, 3.05) is 13.2 Å². The molecule has 1 heterocycles. The smallest absolute Gasteiger partial charge is 0.273 e. The number of benzene rings is 2. The van der Waals surface area contributed by atoms with Gasteiger partial charge in [-0.2, -0.15) is 0 Å². The third-order valence-electron chi connectivity index (χ3n) is 4.32. The van der Waals surface area contributed by atoms with Gasteiger partial charge in [-0.3, -0.25) is 15.0 Å². The molecular weight excluding hydrogens is 304 g/mol. The Bertz CT molecular complexity index is 669. The standard InChI is InChI=1S/C19H22N2O3/c22-21(23)19-11-5-4-9-17(19)14-20(15-18-10-6-12-24-18)13-16-7-2-1-3-8-16/h1-5,7-9,11,18H,6,10,12-15H2. The van der Waals surface area contributed by atoms with E-state index in [0.717, 1.165) is 38.1 Å². The fourth-order valence-electron chi connectivity index (χ4n) is 3.17. The molecule has 5 nitrogen and oxygen atoms in total. The van der Waals surface area contributed by atoms with Crippen molar-refractivity contribution in [1.82, 2.24) is 4.90 Å². The lowest BCUT2D eigenvalue weighted by Gasteiger charge is -2.25. The highest BCUT2D eigenvalue weighted by atomic mass is 16.6. The molecule has 0 bridgehead atoms. The first-order valence-corrected chi connectivity index (χ1v) is 8.32. The zero-order chi connectivity index (χ0) is 16.8. The molecule has 1 aliphatic rings. The van der Waals surface area contributed by atoms with Crippen LogP contribution >= 0.6 is 0 Å². The molecule has 0 aromatic heterocycles. The van der Waals surface area contributed by atoms with Crippen LogP contribution in [-0.4, -0.2) is 29.1 Å². The van der Waals surface area contributed by atoms with Crippen molar-refractivity contribution in [1.29, 1.82) is 0 Å². The third kappa shape index (κ3) is 4.40. The lowest BCUT2D eigenvalue weighted by molar-refractivity contribution is -0.385. The van der Waals surface area contributed by atoms with Crippen molar-refractivity contribution in [3.8, 4) is 0 Å². The van der Waals surface area contributed by atoms with E-state index in [2.05, 4.69) is 17.0 Å². The zero-order valence-electron chi connectivity index (χ0n) is 13.6. The maximum absolute atomic E-state index is 11.3. The average Bonchev–Trinajstić information content (AvgIpc) is 3.09. The van der Waals surface area contributed by atoms with Crippen LogP contribution in [0.1, 0.15) is 24.0 Å². The Morgan fingerprint density at radius 3 is 2.54 bits per heavy atom. The fraction of sp³-hybridized carbons (Fsp3) is 0.368. The van der Waals surface area contributed by atoms with E-state index in [-0.39, 0.29) is 16.7 Å². The van der Waals surface area contributed by atoms with E-state index in [1.807, 2.05) is 30.3 Å². The normalized spacial score (nSPS) is 17.3. The van der Waals surface area contributed by atoms with Crippen LogP contribution in [0.25, 0.3) is 0 Å². The Morgan fingerprint density at radius 1 is 1.08 bits per heavy atom. The number of hydrogen-bond acceptors (Lipinski definition) is 4. The van der Waals surface area contributed by atoms with E-state index in [9.17, 15) is 10.1 Å². The van der Waals surface area contributed by atoms with Gasteiger partial charge in [-0.1, -0.05) is 48.5 Å². The molecule has 0 saturated carbocycles. The predicted molar refractivity (Wildman–Crippen MR) is 92.6 cm³/mol. The summed E-state index contributed by atoms with van der Waals surface area (Å²) in [6.07, 6.45) is 2.37. The maximum atomic E-state index is 11.3. The third-order valence-corrected chi connectivity index (χ3v) is 4.32. The lowest BCUT2D eigenvalue weighted by atomic mass is 10.1. The Balaban J connectivity index is 1.77. The van der Waals surface area contributed by atoms with Gasteiger partial charge in [0.25, 0.3) is 5.69 Å². The molecule has 2 aromatic rings. The second-order valence-corrected chi connectivity index (χ2v) is 6.18. The molecule has 0 N–H and O–H groups in total. The van der Waals surface area contributed by atoms with Gasteiger partial charge in [-0.05, 0) is 18.4 Å². The van der Waals surface area contributed by atoms with Crippen molar-refractivity contribution < 1.29 is 9.66 Å². The first-order valence-electron chi connectivity index (χ1n) is 8.32. The molecule has 3 rings (SSSR count). The monoisotopic (exact) mass is 326 g/mol. The van der Waals surface area contributed by atoms with Crippen LogP contribution < -0.4 is 0 Å². The Morgan fingerprint density at radius 2 is 1.83 bits per heavy atom. The molecular formula is C19H22N2O3. The van der Waals surface area contributed by atoms with Crippen LogP contribution in [0, 0.1) is 10.1 Å². The van der Waals surface area contributed by atoms with Gasteiger partial charge >= 0.3 is 0 Å². The average molecular weight is 326 g/mol. The minimum Gasteiger partial charge on any atom is -0.377 e. The van der Waals surface area contributed by atoms with Crippen molar-refractivity contribution >= 4 is 5.69 Å². The molecule has 0 radical (unpaired) electrons. The van der Waals surface area contributed by atoms with Crippen LogP contribution in [0.3, 0.4) is 0 Å². The van der Waals surface area contributed by atoms with Gasteiger partial charge in [0, 0.05) is 37.9 Å². The fourth-order valence-corrected chi connectivity index (χ4v) is 3.17. The van der Waals surface area contributed by atoms with E-state index in [1.54, 1.807) is 12.1 Å². The predicted octanol–water partition coefficient (Wildman–Crippen LogP) is 3.78.